The van der Waals surface area contributed by atoms with E-state index in [9.17, 15) is 14.3 Å². The summed E-state index contributed by atoms with van der Waals surface area (Å²) in [5.74, 6) is 0.439. The van der Waals surface area contributed by atoms with Crippen molar-refractivity contribution in [2.45, 2.75) is 24.9 Å². The Labute approximate surface area is 144 Å². The van der Waals surface area contributed by atoms with Crippen LogP contribution in [0.5, 0.6) is 0 Å². The summed E-state index contributed by atoms with van der Waals surface area (Å²) in [5, 5.41) is 12.8. The van der Waals surface area contributed by atoms with Gasteiger partial charge < -0.3 is 14.8 Å². The van der Waals surface area contributed by atoms with Gasteiger partial charge >= 0.3 is 0 Å². The summed E-state index contributed by atoms with van der Waals surface area (Å²) in [5.41, 5.74) is 1.24. The van der Waals surface area contributed by atoms with Crippen molar-refractivity contribution in [2.75, 3.05) is 6.54 Å². The Morgan fingerprint density at radius 1 is 1.28 bits per heavy atom. The average Bonchev–Trinajstić information content (AvgIpc) is 3.40. The molecule has 1 fully saturated rings. The van der Waals surface area contributed by atoms with Gasteiger partial charge in [-0.3, -0.25) is 4.79 Å². The molecule has 6 heteroatoms. The zero-order valence-electron chi connectivity index (χ0n) is 13.5. The Morgan fingerprint density at radius 3 is 2.80 bits per heavy atom. The minimum Gasteiger partial charge on any atom is -0.386 e. The van der Waals surface area contributed by atoms with Gasteiger partial charge in [-0.1, -0.05) is 24.3 Å². The third-order valence-corrected chi connectivity index (χ3v) is 4.45. The Bertz CT molecular complexity index is 933. The van der Waals surface area contributed by atoms with Gasteiger partial charge in [0.05, 0.1) is 11.6 Å². The zero-order chi connectivity index (χ0) is 17.4. The van der Waals surface area contributed by atoms with Crippen LogP contribution in [0.3, 0.4) is 0 Å². The highest BCUT2D eigenvalue weighted by Gasteiger charge is 2.30. The Hall–Kier alpha value is -2.73. The first-order valence-electron chi connectivity index (χ1n) is 8.33. The second kappa shape index (κ2) is 6.29. The van der Waals surface area contributed by atoms with Crippen LogP contribution in [-0.4, -0.2) is 26.9 Å². The molecule has 3 aromatic rings. The van der Waals surface area contributed by atoms with Crippen LogP contribution in [0, 0.1) is 5.82 Å². The quantitative estimate of drug-likeness (QED) is 0.751. The summed E-state index contributed by atoms with van der Waals surface area (Å²) in [6.07, 6.45) is 2.96. The number of carbonyl (C=O) groups excluding carboxylic acids is 1. The summed E-state index contributed by atoms with van der Waals surface area (Å²) >= 11 is 0. The maximum absolute atomic E-state index is 13.7. The second-order valence-corrected chi connectivity index (χ2v) is 6.30. The topological polar surface area (TPSA) is 66.6 Å². The molecule has 0 radical (unpaired) electrons. The molecule has 1 aliphatic carbocycles. The molecule has 1 saturated carbocycles. The van der Waals surface area contributed by atoms with E-state index in [1.165, 1.54) is 12.1 Å². The fraction of sp³-hybridized carbons (Fsp3) is 0.263. The SMILES string of the molecule is O=C(NCC(O)c1ccccc1F)c1nc(C2CC2)n2ccccc12. The number of imidazole rings is 1. The molecule has 2 N–H and O–H groups in total. The number of amides is 1. The van der Waals surface area contributed by atoms with Crippen LogP contribution in [0.25, 0.3) is 5.52 Å². The summed E-state index contributed by atoms with van der Waals surface area (Å²) in [4.78, 5) is 17.1. The lowest BCUT2D eigenvalue weighted by molar-refractivity contribution is 0.0911. The van der Waals surface area contributed by atoms with E-state index < -0.39 is 11.9 Å². The van der Waals surface area contributed by atoms with Crippen LogP contribution >= 0.6 is 0 Å². The maximum atomic E-state index is 13.7. The number of hydrogen-bond acceptors (Lipinski definition) is 3. The molecule has 0 spiro atoms. The van der Waals surface area contributed by atoms with Crippen LogP contribution in [0.2, 0.25) is 0 Å². The number of aliphatic hydroxyl groups excluding tert-OH is 1. The molecule has 0 bridgehead atoms. The monoisotopic (exact) mass is 339 g/mol. The Kier molecular flexibility index (Phi) is 3.97. The van der Waals surface area contributed by atoms with Crippen molar-refractivity contribution >= 4 is 11.4 Å². The number of pyridine rings is 1. The first kappa shape index (κ1) is 15.8. The lowest BCUT2D eigenvalue weighted by Gasteiger charge is -2.12. The molecule has 0 aliphatic heterocycles. The van der Waals surface area contributed by atoms with Crippen molar-refractivity contribution in [1.29, 1.82) is 0 Å². The summed E-state index contributed by atoms with van der Waals surface area (Å²) in [6.45, 7) is -0.0790. The Morgan fingerprint density at radius 2 is 2.04 bits per heavy atom. The molecule has 25 heavy (non-hydrogen) atoms. The smallest absolute Gasteiger partial charge is 0.272 e. The van der Waals surface area contributed by atoms with Gasteiger partial charge in [0.2, 0.25) is 0 Å². The van der Waals surface area contributed by atoms with E-state index in [-0.39, 0.29) is 18.0 Å². The van der Waals surface area contributed by atoms with Crippen LogP contribution in [0.4, 0.5) is 4.39 Å². The van der Waals surface area contributed by atoms with Gasteiger partial charge in [-0.05, 0) is 31.0 Å². The number of carbonyl (C=O) groups is 1. The number of nitrogens with zero attached hydrogens (tertiary/aromatic N) is 2. The third kappa shape index (κ3) is 3.00. The van der Waals surface area contributed by atoms with Crippen molar-refractivity contribution in [3.8, 4) is 0 Å². The van der Waals surface area contributed by atoms with Crippen LogP contribution in [0.15, 0.2) is 48.7 Å². The normalized spacial score (nSPS) is 15.3. The number of rotatable bonds is 5. The summed E-state index contributed by atoms with van der Waals surface area (Å²) in [6, 6.07) is 11.6. The molecule has 1 amide bonds. The number of halogens is 1. The van der Waals surface area contributed by atoms with E-state index in [1.807, 2.05) is 28.8 Å². The summed E-state index contributed by atoms with van der Waals surface area (Å²) < 4.78 is 15.7. The van der Waals surface area contributed by atoms with E-state index in [2.05, 4.69) is 10.3 Å². The number of aliphatic hydroxyl groups is 1. The van der Waals surface area contributed by atoms with Gasteiger partial charge in [-0.2, -0.15) is 0 Å². The number of nitrogens with one attached hydrogen (secondary N) is 1. The van der Waals surface area contributed by atoms with Crippen molar-refractivity contribution in [3.05, 3.63) is 71.6 Å². The van der Waals surface area contributed by atoms with Crippen LogP contribution in [0.1, 0.15) is 46.7 Å². The van der Waals surface area contributed by atoms with E-state index in [1.54, 1.807) is 12.1 Å². The standard InChI is InChI=1S/C19H18FN3O2/c20-14-6-2-1-5-13(14)16(24)11-21-19(25)17-15-7-3-4-10-23(15)18(22-17)12-8-9-12/h1-7,10,12,16,24H,8-9,11H2,(H,21,25). The Balaban J connectivity index is 1.54. The fourth-order valence-electron chi connectivity index (χ4n) is 2.99. The minimum absolute atomic E-state index is 0.0790. The highest BCUT2D eigenvalue weighted by atomic mass is 19.1. The second-order valence-electron chi connectivity index (χ2n) is 6.30. The number of aromatic nitrogens is 2. The molecular formula is C19H18FN3O2. The van der Waals surface area contributed by atoms with E-state index in [0.717, 1.165) is 24.2 Å². The molecule has 2 aromatic heterocycles. The van der Waals surface area contributed by atoms with E-state index in [4.69, 9.17) is 0 Å². The number of benzene rings is 1. The van der Waals surface area contributed by atoms with Crippen molar-refractivity contribution in [2.24, 2.45) is 0 Å². The van der Waals surface area contributed by atoms with Crippen molar-refractivity contribution < 1.29 is 14.3 Å². The van der Waals surface area contributed by atoms with Gasteiger partial charge in [0.25, 0.3) is 5.91 Å². The van der Waals surface area contributed by atoms with Gasteiger partial charge in [0, 0.05) is 24.2 Å². The molecule has 1 unspecified atom stereocenters. The predicted molar refractivity (Wildman–Crippen MR) is 90.9 cm³/mol. The van der Waals surface area contributed by atoms with E-state index >= 15 is 0 Å². The lowest BCUT2D eigenvalue weighted by atomic mass is 10.1. The molecule has 1 atom stereocenters. The summed E-state index contributed by atoms with van der Waals surface area (Å²) in [7, 11) is 0. The molecule has 2 heterocycles. The molecule has 128 valence electrons. The van der Waals surface area contributed by atoms with Crippen LogP contribution < -0.4 is 5.32 Å². The number of hydrogen-bond donors (Lipinski definition) is 2. The van der Waals surface area contributed by atoms with E-state index in [0.29, 0.717) is 11.6 Å². The fourth-order valence-corrected chi connectivity index (χ4v) is 2.99. The van der Waals surface area contributed by atoms with Gasteiger partial charge in [-0.25, -0.2) is 9.37 Å². The molecule has 1 aliphatic rings. The van der Waals surface area contributed by atoms with Gasteiger partial charge in [-0.15, -0.1) is 0 Å². The first-order valence-corrected chi connectivity index (χ1v) is 8.33. The highest BCUT2D eigenvalue weighted by Crippen LogP contribution is 2.39. The number of fused-ring (bicyclic) bond motifs is 1. The largest absolute Gasteiger partial charge is 0.386 e. The highest BCUT2D eigenvalue weighted by molar-refractivity contribution is 5.99. The molecule has 1 aromatic carbocycles. The van der Waals surface area contributed by atoms with Gasteiger partial charge in [0.15, 0.2) is 5.69 Å². The molecular weight excluding hydrogens is 321 g/mol. The van der Waals surface area contributed by atoms with Crippen molar-refractivity contribution in [3.63, 3.8) is 0 Å². The van der Waals surface area contributed by atoms with Gasteiger partial charge in [0.1, 0.15) is 11.6 Å². The van der Waals surface area contributed by atoms with Crippen molar-refractivity contribution in [1.82, 2.24) is 14.7 Å². The predicted octanol–water partition coefficient (Wildman–Crippen LogP) is 2.81. The van der Waals surface area contributed by atoms with Crippen LogP contribution in [-0.2, 0) is 0 Å². The average molecular weight is 339 g/mol. The lowest BCUT2D eigenvalue weighted by Crippen LogP contribution is -2.29. The third-order valence-electron chi connectivity index (χ3n) is 4.45. The first-order chi connectivity index (χ1) is 12.1. The maximum Gasteiger partial charge on any atom is 0.272 e. The molecule has 5 nitrogen and oxygen atoms in total. The molecule has 4 rings (SSSR count). The molecule has 0 saturated heterocycles. The minimum atomic E-state index is -1.11. The zero-order valence-corrected chi connectivity index (χ0v) is 13.5.